The Morgan fingerprint density at radius 2 is 1.93 bits per heavy atom. The summed E-state index contributed by atoms with van der Waals surface area (Å²) in [6.07, 6.45) is 0.413. The molecule has 2 aromatic carbocycles. The zero-order valence-corrected chi connectivity index (χ0v) is 16.2. The van der Waals surface area contributed by atoms with Crippen molar-refractivity contribution in [2.24, 2.45) is 5.73 Å². The summed E-state index contributed by atoms with van der Waals surface area (Å²) >= 11 is 0. The van der Waals surface area contributed by atoms with Crippen LogP contribution in [0, 0.1) is 6.92 Å². The first-order chi connectivity index (χ1) is 12.7. The van der Waals surface area contributed by atoms with Gasteiger partial charge in [-0.05, 0) is 36.6 Å². The first kappa shape index (κ1) is 21.2. The molecule has 0 aliphatic heterocycles. The van der Waals surface area contributed by atoms with Gasteiger partial charge in [0.1, 0.15) is 0 Å². The molecule has 3 N–H and O–H groups in total. The lowest BCUT2D eigenvalue weighted by atomic mass is 9.76. The average molecular weight is 393 g/mol. The molecule has 0 bridgehead atoms. The Hall–Kier alpha value is -2.06. The van der Waals surface area contributed by atoms with Gasteiger partial charge in [-0.25, -0.2) is 4.39 Å². The topological polar surface area (TPSA) is 89.6 Å². The molecule has 0 amide bonds. The van der Waals surface area contributed by atoms with E-state index in [1.807, 2.05) is 44.2 Å². The van der Waals surface area contributed by atoms with Gasteiger partial charge in [-0.1, -0.05) is 48.0 Å². The maximum atomic E-state index is 12.8. The summed E-state index contributed by atoms with van der Waals surface area (Å²) in [6.45, 7) is 3.75. The van der Waals surface area contributed by atoms with Crippen LogP contribution in [-0.2, 0) is 20.3 Å². The molecule has 2 rings (SSSR count). The molecule has 0 aliphatic rings. The minimum Gasteiger partial charge on any atom is -0.376 e. The molecule has 1 unspecified atom stereocenters. The minimum absolute atomic E-state index is 0.0115. The quantitative estimate of drug-likeness (QED) is 0.671. The van der Waals surface area contributed by atoms with Crippen molar-refractivity contribution < 1.29 is 22.1 Å². The van der Waals surface area contributed by atoms with Crippen molar-refractivity contribution in [1.29, 1.82) is 0 Å². The Morgan fingerprint density at radius 1 is 1.26 bits per heavy atom. The Bertz CT molecular complexity index is 913. The van der Waals surface area contributed by atoms with Crippen molar-refractivity contribution in [2.45, 2.75) is 24.2 Å². The van der Waals surface area contributed by atoms with Crippen LogP contribution in [0.3, 0.4) is 0 Å². The van der Waals surface area contributed by atoms with E-state index in [4.69, 9.17) is 10.5 Å². The fraction of sp³-hybridized carbons (Fsp3) is 0.300. The van der Waals surface area contributed by atoms with Gasteiger partial charge in [-0.15, -0.1) is 0 Å². The maximum Gasteiger partial charge on any atom is 0.294 e. The highest BCUT2D eigenvalue weighted by Gasteiger charge is 2.34. The first-order valence-electron chi connectivity index (χ1n) is 8.42. The molecule has 1 atom stereocenters. The van der Waals surface area contributed by atoms with Gasteiger partial charge in [-0.3, -0.25) is 4.55 Å². The lowest BCUT2D eigenvalue weighted by molar-refractivity contribution is 0.117. The number of hydrogen-bond donors (Lipinski definition) is 2. The van der Waals surface area contributed by atoms with Crippen LogP contribution in [0.15, 0.2) is 65.3 Å². The van der Waals surface area contributed by atoms with E-state index < -0.39 is 15.5 Å². The third kappa shape index (κ3) is 5.01. The summed E-state index contributed by atoms with van der Waals surface area (Å²) in [7, 11) is -4.44. The Balaban J connectivity index is 2.56. The van der Waals surface area contributed by atoms with Crippen LogP contribution in [-0.4, -0.2) is 32.7 Å². The third-order valence-corrected chi connectivity index (χ3v) is 5.42. The first-order valence-corrected chi connectivity index (χ1v) is 9.86. The number of nitrogens with two attached hydrogens (primary N) is 1. The van der Waals surface area contributed by atoms with E-state index in [1.54, 1.807) is 12.1 Å². The molecule has 0 aromatic heterocycles. The normalized spacial score (nSPS) is 14.8. The molecule has 0 saturated heterocycles. The largest absolute Gasteiger partial charge is 0.376 e. The minimum atomic E-state index is -4.44. The molecule has 146 valence electrons. The second-order valence-corrected chi connectivity index (χ2v) is 8.03. The fourth-order valence-corrected chi connectivity index (χ4v) is 3.75. The zero-order valence-electron chi connectivity index (χ0n) is 15.4. The summed E-state index contributed by atoms with van der Waals surface area (Å²) in [4.78, 5) is -0.178. The molecule has 27 heavy (non-hydrogen) atoms. The number of hydrogen-bond acceptors (Lipinski definition) is 4. The van der Waals surface area contributed by atoms with E-state index >= 15 is 0 Å². The Kier molecular flexibility index (Phi) is 6.89. The Morgan fingerprint density at radius 3 is 2.48 bits per heavy atom. The highest BCUT2D eigenvalue weighted by molar-refractivity contribution is 7.85. The molecular formula is C20H24FNO4S. The van der Waals surface area contributed by atoms with Crippen molar-refractivity contribution in [3.05, 3.63) is 77.1 Å². The van der Waals surface area contributed by atoms with Gasteiger partial charge in [0.25, 0.3) is 10.1 Å². The van der Waals surface area contributed by atoms with Crippen molar-refractivity contribution in [1.82, 2.24) is 0 Å². The van der Waals surface area contributed by atoms with Crippen molar-refractivity contribution >= 4 is 10.1 Å². The highest BCUT2D eigenvalue weighted by atomic mass is 32.2. The van der Waals surface area contributed by atoms with Gasteiger partial charge in [0.2, 0.25) is 0 Å². The molecular weight excluding hydrogens is 369 g/mol. The lowest BCUT2D eigenvalue weighted by Crippen LogP contribution is -2.32. The van der Waals surface area contributed by atoms with Crippen LogP contribution in [0.2, 0.25) is 0 Å². The van der Waals surface area contributed by atoms with Gasteiger partial charge < -0.3 is 10.5 Å². The van der Waals surface area contributed by atoms with Crippen molar-refractivity contribution in [2.75, 3.05) is 19.8 Å². The summed E-state index contributed by atoms with van der Waals surface area (Å²) in [5.41, 5.74) is 6.91. The number of rotatable bonds is 8. The van der Waals surface area contributed by atoms with E-state index in [0.29, 0.717) is 17.5 Å². The smallest absolute Gasteiger partial charge is 0.294 e. The summed E-state index contributed by atoms with van der Waals surface area (Å²) < 4.78 is 52.1. The highest BCUT2D eigenvalue weighted by Crippen LogP contribution is 2.37. The van der Waals surface area contributed by atoms with E-state index in [0.717, 1.165) is 11.1 Å². The molecule has 2 aromatic rings. The van der Waals surface area contributed by atoms with Crippen LogP contribution in [0.25, 0.3) is 0 Å². The molecule has 0 heterocycles. The van der Waals surface area contributed by atoms with Gasteiger partial charge in [-0.2, -0.15) is 8.42 Å². The van der Waals surface area contributed by atoms with Crippen LogP contribution >= 0.6 is 0 Å². The fourth-order valence-electron chi connectivity index (χ4n) is 2.94. The number of ether oxygens (including phenoxy) is 1. The molecule has 7 heteroatoms. The van der Waals surface area contributed by atoms with Gasteiger partial charge in [0, 0.05) is 12.0 Å². The van der Waals surface area contributed by atoms with Crippen LogP contribution < -0.4 is 5.73 Å². The van der Waals surface area contributed by atoms with Gasteiger partial charge in [0.15, 0.2) is 0 Å². The molecule has 0 saturated carbocycles. The monoisotopic (exact) mass is 393 g/mol. The second kappa shape index (κ2) is 8.75. The molecule has 0 spiro atoms. The third-order valence-electron chi connectivity index (χ3n) is 4.51. The molecule has 0 radical (unpaired) electrons. The zero-order chi connectivity index (χ0) is 20.1. The van der Waals surface area contributed by atoms with E-state index in [9.17, 15) is 17.4 Å². The van der Waals surface area contributed by atoms with Crippen molar-refractivity contribution in [3.8, 4) is 0 Å². The lowest BCUT2D eigenvalue weighted by Gasteiger charge is -2.32. The molecule has 5 nitrogen and oxygen atoms in total. The van der Waals surface area contributed by atoms with Crippen molar-refractivity contribution in [3.63, 3.8) is 0 Å². The summed E-state index contributed by atoms with van der Waals surface area (Å²) in [5, 5.41) is 0. The van der Waals surface area contributed by atoms with Crippen LogP contribution in [0.1, 0.15) is 23.6 Å². The van der Waals surface area contributed by atoms with E-state index in [2.05, 4.69) is 0 Å². The second-order valence-electron chi connectivity index (χ2n) is 6.64. The Labute approximate surface area is 159 Å². The van der Waals surface area contributed by atoms with Gasteiger partial charge >= 0.3 is 0 Å². The van der Waals surface area contributed by atoms with Gasteiger partial charge in [0.05, 0.1) is 24.4 Å². The summed E-state index contributed by atoms with van der Waals surface area (Å²) in [5.74, 6) is 0. The average Bonchev–Trinajstić information content (AvgIpc) is 2.64. The molecule has 0 fully saturated rings. The maximum absolute atomic E-state index is 12.8. The van der Waals surface area contributed by atoms with E-state index in [1.165, 1.54) is 6.07 Å². The predicted molar refractivity (Wildman–Crippen MR) is 103 cm³/mol. The van der Waals surface area contributed by atoms with E-state index in [-0.39, 0.29) is 24.7 Å². The SMILES string of the molecule is Cc1ccc(S(=O)(=O)O)c(C(C)(COC/C(=C/F)CN)c2ccccc2)c1. The number of aryl methyl sites for hydroxylation is 1. The number of benzene rings is 2. The summed E-state index contributed by atoms with van der Waals surface area (Å²) in [6, 6.07) is 14.0. The standard InChI is InChI=1S/C20H24FNO4S/c1-15-8-9-19(27(23,24)25)18(10-15)20(2,17-6-4-3-5-7-17)14-26-13-16(11-21)12-22/h3-11H,12-14,22H2,1-2H3,(H,23,24,25)/b16-11+. The number of halogens is 1. The molecule has 0 aliphatic carbocycles. The van der Waals surface area contributed by atoms with Crippen LogP contribution in [0.5, 0.6) is 0 Å². The van der Waals surface area contributed by atoms with Crippen LogP contribution in [0.4, 0.5) is 4.39 Å². The predicted octanol–water partition coefficient (Wildman–Crippen LogP) is 3.38.